The molecule has 0 spiro atoms. The lowest BCUT2D eigenvalue weighted by atomic mass is 10.00. The standard InChI is InChI=1S/C13H19NO3/c15-9(5-8-3-1-2-4-8)7-14-12(16)10-6-11(10)13(14)17/h8-11,15H,1-7H2. The van der Waals surface area contributed by atoms with Gasteiger partial charge in [0.15, 0.2) is 0 Å². The first-order valence-electron chi connectivity index (χ1n) is 6.70. The summed E-state index contributed by atoms with van der Waals surface area (Å²) < 4.78 is 0. The van der Waals surface area contributed by atoms with E-state index in [2.05, 4.69) is 0 Å². The molecule has 3 fully saturated rings. The van der Waals surface area contributed by atoms with E-state index >= 15 is 0 Å². The predicted molar refractivity (Wildman–Crippen MR) is 60.9 cm³/mol. The molecule has 3 aliphatic rings. The van der Waals surface area contributed by atoms with Crippen molar-refractivity contribution in [3.8, 4) is 0 Å². The zero-order valence-electron chi connectivity index (χ0n) is 9.97. The molecule has 0 bridgehead atoms. The molecule has 1 saturated heterocycles. The van der Waals surface area contributed by atoms with Gasteiger partial charge in [-0.15, -0.1) is 0 Å². The lowest BCUT2D eigenvalue weighted by molar-refractivity contribution is -0.143. The van der Waals surface area contributed by atoms with Crippen molar-refractivity contribution in [3.05, 3.63) is 0 Å². The molecule has 0 aromatic heterocycles. The van der Waals surface area contributed by atoms with Crippen LogP contribution in [0.2, 0.25) is 0 Å². The third-order valence-electron chi connectivity index (χ3n) is 4.43. The van der Waals surface area contributed by atoms with E-state index in [0.717, 1.165) is 12.8 Å². The Labute approximate surface area is 101 Å². The van der Waals surface area contributed by atoms with Gasteiger partial charge in [0, 0.05) is 0 Å². The maximum absolute atomic E-state index is 11.7. The number of hydrogen-bond acceptors (Lipinski definition) is 3. The third kappa shape index (κ3) is 1.99. The van der Waals surface area contributed by atoms with Crippen molar-refractivity contribution in [1.82, 2.24) is 4.90 Å². The Morgan fingerprint density at radius 2 is 1.76 bits per heavy atom. The molecule has 0 radical (unpaired) electrons. The second-order valence-corrected chi connectivity index (χ2v) is 5.78. The molecule has 94 valence electrons. The number of amides is 2. The van der Waals surface area contributed by atoms with Crippen molar-refractivity contribution in [2.45, 2.75) is 44.6 Å². The number of fused-ring (bicyclic) bond motifs is 1. The molecule has 3 unspecified atom stereocenters. The predicted octanol–water partition coefficient (Wildman–Crippen LogP) is 0.932. The molecular weight excluding hydrogens is 218 g/mol. The van der Waals surface area contributed by atoms with Gasteiger partial charge in [-0.1, -0.05) is 25.7 Å². The molecule has 4 heteroatoms. The van der Waals surface area contributed by atoms with Crippen molar-refractivity contribution >= 4 is 11.8 Å². The quantitative estimate of drug-likeness (QED) is 0.740. The van der Waals surface area contributed by atoms with E-state index in [0.29, 0.717) is 5.92 Å². The number of likely N-dealkylation sites (tertiary alicyclic amines) is 1. The molecule has 0 aromatic rings. The Bertz CT molecular complexity index is 329. The molecule has 3 atom stereocenters. The molecule has 2 saturated carbocycles. The normalized spacial score (nSPS) is 34.3. The number of nitrogens with zero attached hydrogens (tertiary/aromatic N) is 1. The van der Waals surface area contributed by atoms with Gasteiger partial charge in [0.25, 0.3) is 0 Å². The summed E-state index contributed by atoms with van der Waals surface area (Å²) in [7, 11) is 0. The van der Waals surface area contributed by atoms with E-state index in [1.807, 2.05) is 0 Å². The van der Waals surface area contributed by atoms with Crippen molar-refractivity contribution < 1.29 is 14.7 Å². The summed E-state index contributed by atoms with van der Waals surface area (Å²) in [6.07, 6.45) is 5.84. The van der Waals surface area contributed by atoms with Crippen LogP contribution in [0.15, 0.2) is 0 Å². The molecule has 4 nitrogen and oxygen atoms in total. The van der Waals surface area contributed by atoms with Crippen LogP contribution in [0.25, 0.3) is 0 Å². The maximum atomic E-state index is 11.7. The lowest BCUT2D eigenvalue weighted by Gasteiger charge is -2.22. The summed E-state index contributed by atoms with van der Waals surface area (Å²) in [5.41, 5.74) is 0. The van der Waals surface area contributed by atoms with Gasteiger partial charge in [-0.3, -0.25) is 14.5 Å². The Hall–Kier alpha value is -0.900. The lowest BCUT2D eigenvalue weighted by Crippen LogP contribution is -2.39. The van der Waals surface area contributed by atoms with Crippen LogP contribution >= 0.6 is 0 Å². The van der Waals surface area contributed by atoms with Crippen molar-refractivity contribution in [2.75, 3.05) is 6.54 Å². The SMILES string of the molecule is O=C1C2CC2C(=O)N1CC(O)CC1CCCC1. The highest BCUT2D eigenvalue weighted by Crippen LogP contribution is 2.47. The van der Waals surface area contributed by atoms with E-state index in [9.17, 15) is 14.7 Å². The van der Waals surface area contributed by atoms with E-state index < -0.39 is 6.10 Å². The summed E-state index contributed by atoms with van der Waals surface area (Å²) >= 11 is 0. The minimum absolute atomic E-state index is 0.0406. The summed E-state index contributed by atoms with van der Waals surface area (Å²) in [6.45, 7) is 0.223. The van der Waals surface area contributed by atoms with Crippen LogP contribution in [0, 0.1) is 17.8 Å². The maximum Gasteiger partial charge on any atom is 0.233 e. The molecule has 0 aromatic carbocycles. The number of rotatable bonds is 4. The zero-order chi connectivity index (χ0) is 12.0. The second-order valence-electron chi connectivity index (χ2n) is 5.78. The number of β-amino-alcohol motifs (C(OH)–C–C–N with tert-alkyl or cyclic N) is 1. The topological polar surface area (TPSA) is 57.6 Å². The number of aliphatic hydroxyl groups is 1. The van der Waals surface area contributed by atoms with Gasteiger partial charge < -0.3 is 5.11 Å². The third-order valence-corrected chi connectivity index (χ3v) is 4.43. The number of carbonyl (C=O) groups is 2. The molecule has 17 heavy (non-hydrogen) atoms. The zero-order valence-corrected chi connectivity index (χ0v) is 9.97. The van der Waals surface area contributed by atoms with Crippen LogP contribution in [-0.4, -0.2) is 34.5 Å². The number of carbonyl (C=O) groups excluding carboxylic acids is 2. The van der Waals surface area contributed by atoms with Gasteiger partial charge in [-0.05, 0) is 18.8 Å². The smallest absolute Gasteiger partial charge is 0.233 e. The monoisotopic (exact) mass is 237 g/mol. The average Bonchev–Trinajstić information content (AvgIpc) is 2.88. The van der Waals surface area contributed by atoms with Crippen LogP contribution in [0.3, 0.4) is 0 Å². The van der Waals surface area contributed by atoms with Gasteiger partial charge in [0.2, 0.25) is 11.8 Å². The molecular formula is C13H19NO3. The van der Waals surface area contributed by atoms with Gasteiger partial charge in [0.05, 0.1) is 24.5 Å². The second kappa shape index (κ2) is 4.09. The Morgan fingerprint density at radius 1 is 1.18 bits per heavy atom. The van der Waals surface area contributed by atoms with Gasteiger partial charge in [-0.25, -0.2) is 0 Å². The first-order valence-corrected chi connectivity index (χ1v) is 6.70. The first kappa shape index (κ1) is 11.2. The number of imide groups is 1. The highest BCUT2D eigenvalue weighted by molar-refractivity contribution is 6.08. The molecule has 1 N–H and O–H groups in total. The van der Waals surface area contributed by atoms with E-state index in [1.165, 1.54) is 30.6 Å². The number of hydrogen-bond donors (Lipinski definition) is 1. The minimum Gasteiger partial charge on any atom is -0.391 e. The summed E-state index contributed by atoms with van der Waals surface area (Å²) in [6, 6.07) is 0. The minimum atomic E-state index is -0.525. The molecule has 2 aliphatic carbocycles. The number of piperidine rings is 1. The van der Waals surface area contributed by atoms with E-state index in [1.54, 1.807) is 0 Å². The van der Waals surface area contributed by atoms with Crippen LogP contribution in [0.4, 0.5) is 0 Å². The first-order chi connectivity index (χ1) is 8.16. The van der Waals surface area contributed by atoms with Gasteiger partial charge in [0.1, 0.15) is 0 Å². The summed E-state index contributed by atoms with van der Waals surface area (Å²) in [5, 5.41) is 9.96. The van der Waals surface area contributed by atoms with E-state index in [-0.39, 0.29) is 30.2 Å². The van der Waals surface area contributed by atoms with Crippen LogP contribution < -0.4 is 0 Å². The number of aliphatic hydroxyl groups excluding tert-OH is 1. The molecule has 3 rings (SSSR count). The fourth-order valence-corrected chi connectivity index (χ4v) is 3.35. The fraction of sp³-hybridized carbons (Fsp3) is 0.846. The van der Waals surface area contributed by atoms with Gasteiger partial charge >= 0.3 is 0 Å². The molecule has 1 aliphatic heterocycles. The van der Waals surface area contributed by atoms with Crippen molar-refractivity contribution in [3.63, 3.8) is 0 Å². The highest BCUT2D eigenvalue weighted by atomic mass is 16.3. The van der Waals surface area contributed by atoms with Crippen molar-refractivity contribution in [1.29, 1.82) is 0 Å². The van der Waals surface area contributed by atoms with E-state index in [4.69, 9.17) is 0 Å². The van der Waals surface area contributed by atoms with Crippen LogP contribution in [-0.2, 0) is 9.59 Å². The summed E-state index contributed by atoms with van der Waals surface area (Å²) in [5.74, 6) is 0.408. The largest absolute Gasteiger partial charge is 0.391 e. The fourth-order valence-electron chi connectivity index (χ4n) is 3.35. The Morgan fingerprint density at radius 3 is 2.35 bits per heavy atom. The van der Waals surface area contributed by atoms with Gasteiger partial charge in [-0.2, -0.15) is 0 Å². The Kier molecular flexibility index (Phi) is 2.69. The molecule has 2 amide bonds. The van der Waals surface area contributed by atoms with Crippen LogP contribution in [0.1, 0.15) is 38.5 Å². The highest BCUT2D eigenvalue weighted by Gasteiger charge is 2.58. The molecule has 1 heterocycles. The summed E-state index contributed by atoms with van der Waals surface area (Å²) in [4.78, 5) is 24.7. The van der Waals surface area contributed by atoms with Crippen LogP contribution in [0.5, 0.6) is 0 Å². The Balaban J connectivity index is 1.52. The average molecular weight is 237 g/mol. The van der Waals surface area contributed by atoms with Crippen molar-refractivity contribution in [2.24, 2.45) is 17.8 Å².